The lowest BCUT2D eigenvalue weighted by Gasteiger charge is -2.06. The lowest BCUT2D eigenvalue weighted by Crippen LogP contribution is -2.14. The molecule has 26 heavy (non-hydrogen) atoms. The number of nitro groups is 1. The van der Waals surface area contributed by atoms with Crippen LogP contribution in [0.4, 0.5) is 11.4 Å². The summed E-state index contributed by atoms with van der Waals surface area (Å²) in [5, 5.41) is 13.3. The van der Waals surface area contributed by atoms with E-state index in [0.717, 1.165) is 6.07 Å². The van der Waals surface area contributed by atoms with Gasteiger partial charge in [-0.3, -0.25) is 19.7 Å². The van der Waals surface area contributed by atoms with Gasteiger partial charge in [0.1, 0.15) is 5.02 Å². The summed E-state index contributed by atoms with van der Waals surface area (Å²) >= 11 is 5.68. The van der Waals surface area contributed by atoms with Crippen molar-refractivity contribution in [3.8, 4) is 0 Å². The number of nitrogens with one attached hydrogen (secondary N) is 1. The number of ether oxygens (including phenoxy) is 1. The van der Waals surface area contributed by atoms with Crippen LogP contribution in [0.15, 0.2) is 42.5 Å². The van der Waals surface area contributed by atoms with Crippen LogP contribution in [0, 0.1) is 10.1 Å². The first kappa shape index (κ1) is 19.1. The highest BCUT2D eigenvalue weighted by molar-refractivity contribution is 6.32. The van der Waals surface area contributed by atoms with E-state index in [4.69, 9.17) is 16.3 Å². The van der Waals surface area contributed by atoms with Crippen molar-refractivity contribution in [2.75, 3.05) is 11.9 Å². The summed E-state index contributed by atoms with van der Waals surface area (Å²) in [4.78, 5) is 45.1. The zero-order valence-corrected chi connectivity index (χ0v) is 14.3. The van der Waals surface area contributed by atoms with Crippen LogP contribution in [0.5, 0.6) is 0 Å². The molecule has 0 aliphatic heterocycles. The number of rotatable bonds is 6. The van der Waals surface area contributed by atoms with Crippen molar-refractivity contribution in [1.82, 2.24) is 0 Å². The summed E-state index contributed by atoms with van der Waals surface area (Å²) < 4.78 is 4.92. The van der Waals surface area contributed by atoms with Gasteiger partial charge in [0.15, 0.2) is 6.61 Å². The SMILES string of the molecule is CC(=O)Nc1ccc(C(=O)OCC(=O)c2ccc(Cl)c([N+](=O)[O-])c2)cc1. The lowest BCUT2D eigenvalue weighted by molar-refractivity contribution is -0.384. The number of carbonyl (C=O) groups excluding carboxylic acids is 3. The summed E-state index contributed by atoms with van der Waals surface area (Å²) in [6.07, 6.45) is 0. The van der Waals surface area contributed by atoms with Crippen LogP contribution in [-0.2, 0) is 9.53 Å². The number of carbonyl (C=O) groups is 3. The second-order valence-electron chi connectivity index (χ2n) is 5.18. The molecule has 0 saturated heterocycles. The molecule has 8 nitrogen and oxygen atoms in total. The lowest BCUT2D eigenvalue weighted by atomic mass is 10.1. The first-order valence-corrected chi connectivity index (χ1v) is 7.67. The number of halogens is 1. The fourth-order valence-corrected chi connectivity index (χ4v) is 2.20. The highest BCUT2D eigenvalue weighted by atomic mass is 35.5. The van der Waals surface area contributed by atoms with E-state index in [1.165, 1.54) is 43.3 Å². The molecule has 1 N–H and O–H groups in total. The van der Waals surface area contributed by atoms with Crippen LogP contribution in [-0.4, -0.2) is 29.2 Å². The number of nitro benzene ring substituents is 1. The number of benzene rings is 2. The molecule has 0 unspecified atom stereocenters. The van der Waals surface area contributed by atoms with E-state index in [1.807, 2.05) is 0 Å². The van der Waals surface area contributed by atoms with Crippen molar-refractivity contribution in [2.24, 2.45) is 0 Å². The minimum Gasteiger partial charge on any atom is -0.454 e. The smallest absolute Gasteiger partial charge is 0.338 e. The van der Waals surface area contributed by atoms with Gasteiger partial charge in [-0.05, 0) is 36.4 Å². The van der Waals surface area contributed by atoms with Crippen molar-refractivity contribution < 1.29 is 24.0 Å². The summed E-state index contributed by atoms with van der Waals surface area (Å²) in [5.74, 6) is -1.59. The van der Waals surface area contributed by atoms with Gasteiger partial charge in [-0.2, -0.15) is 0 Å². The van der Waals surface area contributed by atoms with Crippen molar-refractivity contribution in [2.45, 2.75) is 6.92 Å². The average Bonchev–Trinajstić information content (AvgIpc) is 2.59. The molecule has 9 heteroatoms. The summed E-state index contributed by atoms with van der Waals surface area (Å²) in [5.41, 5.74) is 0.305. The van der Waals surface area contributed by atoms with Gasteiger partial charge in [0.05, 0.1) is 10.5 Å². The number of amides is 1. The van der Waals surface area contributed by atoms with Crippen LogP contribution in [0.2, 0.25) is 5.02 Å². The molecule has 2 aromatic carbocycles. The molecule has 0 bridgehead atoms. The first-order valence-electron chi connectivity index (χ1n) is 7.30. The minimum absolute atomic E-state index is 0.00917. The average molecular weight is 377 g/mol. The van der Waals surface area contributed by atoms with Gasteiger partial charge >= 0.3 is 5.97 Å². The van der Waals surface area contributed by atoms with Gasteiger partial charge in [0.25, 0.3) is 5.69 Å². The second-order valence-corrected chi connectivity index (χ2v) is 5.59. The van der Waals surface area contributed by atoms with Gasteiger partial charge < -0.3 is 10.1 Å². The van der Waals surface area contributed by atoms with Crippen LogP contribution in [0.1, 0.15) is 27.6 Å². The Labute approximate surface area is 152 Å². The molecule has 0 saturated carbocycles. The molecular formula is C17H13ClN2O6. The molecule has 0 radical (unpaired) electrons. The zero-order valence-electron chi connectivity index (χ0n) is 13.5. The molecule has 134 valence electrons. The molecule has 0 aromatic heterocycles. The first-order chi connectivity index (χ1) is 12.3. The largest absolute Gasteiger partial charge is 0.454 e. The molecule has 0 aliphatic rings. The van der Waals surface area contributed by atoms with E-state index < -0.39 is 29.0 Å². The van der Waals surface area contributed by atoms with Crippen LogP contribution in [0.3, 0.4) is 0 Å². The van der Waals surface area contributed by atoms with Crippen LogP contribution < -0.4 is 5.32 Å². The van der Waals surface area contributed by atoms with Crippen molar-refractivity contribution >= 4 is 40.6 Å². The van der Waals surface area contributed by atoms with E-state index in [0.29, 0.717) is 5.69 Å². The molecule has 0 aliphatic carbocycles. The van der Waals surface area contributed by atoms with Crippen LogP contribution in [0.25, 0.3) is 0 Å². The van der Waals surface area contributed by atoms with Gasteiger partial charge in [0.2, 0.25) is 11.7 Å². The molecule has 2 aromatic rings. The third-order valence-electron chi connectivity index (χ3n) is 3.24. The summed E-state index contributed by atoms with van der Waals surface area (Å²) in [7, 11) is 0. The molecule has 2 rings (SSSR count). The summed E-state index contributed by atoms with van der Waals surface area (Å²) in [6.45, 7) is 0.778. The Morgan fingerprint density at radius 1 is 1.12 bits per heavy atom. The molecule has 0 fully saturated rings. The fraction of sp³-hybridized carbons (Fsp3) is 0.118. The highest BCUT2D eigenvalue weighted by Crippen LogP contribution is 2.25. The van der Waals surface area contributed by atoms with E-state index in [9.17, 15) is 24.5 Å². The van der Waals surface area contributed by atoms with Gasteiger partial charge in [-0.15, -0.1) is 0 Å². The number of hydrogen-bond acceptors (Lipinski definition) is 6. The van der Waals surface area contributed by atoms with Crippen molar-refractivity contribution in [3.05, 3.63) is 68.7 Å². The normalized spacial score (nSPS) is 10.1. The minimum atomic E-state index is -0.740. The number of Topliss-reactive ketones (excluding diaryl/α,β-unsaturated/α-hetero) is 1. The Morgan fingerprint density at radius 2 is 1.73 bits per heavy atom. The topological polar surface area (TPSA) is 116 Å². The van der Waals surface area contributed by atoms with E-state index >= 15 is 0 Å². The number of anilines is 1. The van der Waals surface area contributed by atoms with E-state index in [2.05, 4.69) is 5.32 Å². The quantitative estimate of drug-likeness (QED) is 0.358. The number of esters is 1. The van der Waals surface area contributed by atoms with E-state index in [1.54, 1.807) is 0 Å². The third-order valence-corrected chi connectivity index (χ3v) is 3.56. The Kier molecular flexibility index (Phi) is 6.03. The standard InChI is InChI=1S/C17H13ClN2O6/c1-10(21)19-13-5-2-11(3-6-13)17(23)26-9-16(22)12-4-7-14(18)15(8-12)20(24)25/h2-8H,9H2,1H3,(H,19,21). The van der Waals surface area contributed by atoms with Crippen molar-refractivity contribution in [3.63, 3.8) is 0 Å². The third kappa shape index (κ3) is 4.87. The number of hydrogen-bond donors (Lipinski definition) is 1. The Bertz CT molecular complexity index is 879. The fourth-order valence-electron chi connectivity index (χ4n) is 2.02. The molecular weight excluding hydrogens is 364 g/mol. The maximum atomic E-state index is 12.1. The van der Waals surface area contributed by atoms with Gasteiger partial charge in [0, 0.05) is 24.2 Å². The maximum Gasteiger partial charge on any atom is 0.338 e. The second kappa shape index (κ2) is 8.21. The van der Waals surface area contributed by atoms with E-state index in [-0.39, 0.29) is 22.1 Å². The monoisotopic (exact) mass is 376 g/mol. The number of ketones is 1. The Hall–Kier alpha value is -3.26. The highest BCUT2D eigenvalue weighted by Gasteiger charge is 2.18. The summed E-state index contributed by atoms with van der Waals surface area (Å²) in [6, 6.07) is 9.48. The van der Waals surface area contributed by atoms with Gasteiger partial charge in [-0.1, -0.05) is 11.6 Å². The zero-order chi connectivity index (χ0) is 19.3. The van der Waals surface area contributed by atoms with Gasteiger partial charge in [-0.25, -0.2) is 4.79 Å². The predicted molar refractivity (Wildman–Crippen MR) is 93.5 cm³/mol. The molecule has 0 atom stereocenters. The molecule has 0 heterocycles. The van der Waals surface area contributed by atoms with Crippen molar-refractivity contribution in [1.29, 1.82) is 0 Å². The Balaban J connectivity index is 2.00. The van der Waals surface area contributed by atoms with Crippen LogP contribution >= 0.6 is 11.6 Å². The Morgan fingerprint density at radius 3 is 2.31 bits per heavy atom. The maximum absolute atomic E-state index is 12.1. The molecule has 0 spiro atoms. The predicted octanol–water partition coefficient (Wildman–Crippen LogP) is 3.25. The molecule has 1 amide bonds. The number of nitrogens with zero attached hydrogens (tertiary/aromatic N) is 1.